The van der Waals surface area contributed by atoms with Crippen molar-refractivity contribution in [3.05, 3.63) is 146 Å². The van der Waals surface area contributed by atoms with Crippen molar-refractivity contribution in [3.63, 3.8) is 0 Å². The summed E-state index contributed by atoms with van der Waals surface area (Å²) in [5, 5.41) is 0. The molecule has 0 saturated heterocycles. The number of hydrogen-bond acceptors (Lipinski definition) is 6. The minimum Gasteiger partial charge on any atom is -0.462 e. The molecule has 0 spiro atoms. The lowest BCUT2D eigenvalue weighted by Gasteiger charge is -2.17. The average molecular weight is 951 g/mol. The van der Waals surface area contributed by atoms with Crippen LogP contribution in [0.25, 0.3) is 0 Å². The van der Waals surface area contributed by atoms with Crippen LogP contribution in [0.5, 0.6) is 0 Å². The topological polar surface area (TPSA) is 78.9 Å². The van der Waals surface area contributed by atoms with Gasteiger partial charge in [-0.25, -0.2) is 0 Å². The van der Waals surface area contributed by atoms with Crippen molar-refractivity contribution in [1.82, 2.24) is 0 Å². The highest BCUT2D eigenvalue weighted by Crippen LogP contribution is 2.13. The SMILES string of the molecule is CC/C=C\C/C=C\C/C=C\C/C=C\C/C=C\CC(=O)OCC(COC(=O)CCCCCCCCCCC/C=C\C/C=C\CCCCCCC)OC(=O)C/C=C\C/C=C\C/C=C\C/C=C\C/C=C\CC. The molecule has 6 nitrogen and oxygen atoms in total. The number of ether oxygens (including phenoxy) is 3. The van der Waals surface area contributed by atoms with E-state index >= 15 is 0 Å². The van der Waals surface area contributed by atoms with E-state index in [1.54, 1.807) is 12.2 Å². The molecule has 1 unspecified atom stereocenters. The lowest BCUT2D eigenvalue weighted by Crippen LogP contribution is -2.30. The highest BCUT2D eigenvalue weighted by Gasteiger charge is 2.19. The van der Waals surface area contributed by atoms with Crippen LogP contribution in [-0.4, -0.2) is 37.2 Å². The maximum atomic E-state index is 12.8. The molecule has 386 valence electrons. The molecule has 0 aliphatic heterocycles. The minimum absolute atomic E-state index is 0.0702. The van der Waals surface area contributed by atoms with Crippen LogP contribution in [0.2, 0.25) is 0 Å². The molecular weight excluding hydrogens is 853 g/mol. The van der Waals surface area contributed by atoms with Gasteiger partial charge in [0.25, 0.3) is 0 Å². The Morgan fingerprint density at radius 2 is 0.623 bits per heavy atom. The predicted molar refractivity (Wildman–Crippen MR) is 297 cm³/mol. The van der Waals surface area contributed by atoms with E-state index in [0.717, 1.165) is 77.0 Å². The van der Waals surface area contributed by atoms with E-state index in [1.807, 2.05) is 12.2 Å². The molecule has 0 radical (unpaired) electrons. The Bertz CT molecular complexity index is 1560. The van der Waals surface area contributed by atoms with Gasteiger partial charge in [0.05, 0.1) is 12.8 Å². The molecule has 0 aromatic heterocycles. The number of carbonyl (C=O) groups is 3. The molecule has 1 atom stereocenters. The van der Waals surface area contributed by atoms with Crippen molar-refractivity contribution in [2.24, 2.45) is 0 Å². The summed E-state index contributed by atoms with van der Waals surface area (Å²) in [6, 6.07) is 0. The zero-order valence-electron chi connectivity index (χ0n) is 44.0. The second kappa shape index (κ2) is 55.9. The van der Waals surface area contributed by atoms with Gasteiger partial charge in [-0.05, 0) is 103 Å². The predicted octanol–water partition coefficient (Wildman–Crippen LogP) is 18.4. The Hall–Kier alpha value is -4.71. The Morgan fingerprint density at radius 3 is 1.01 bits per heavy atom. The van der Waals surface area contributed by atoms with Crippen molar-refractivity contribution in [2.45, 2.75) is 219 Å². The standard InChI is InChI=1S/C63H98O6/c1-4-7-10-13-16-19-22-25-28-29-30-31-32-33-36-38-41-44-47-50-53-56-62(65)68-59-60(69-63(66)57-54-51-48-45-42-39-35-27-24-21-18-15-12-9-6-3)58-67-61(64)55-52-49-46-43-40-37-34-26-23-20-17-14-11-8-5-2/h8-9,11-12,17-18,20-22,25-27,29-30,34-35,40,42-43,45,49,51-52,54,60H,4-7,10,13-16,19,23-24,28,31-33,36-39,41,44,46-48,50,53,55-59H2,1-3H3/b11-8-,12-9-,20-17-,21-18-,25-22-,30-29-,34-26-,35-27-,43-40-,45-42-,52-49-,54-51-. The quantitative estimate of drug-likeness (QED) is 0.0262. The fourth-order valence-corrected chi connectivity index (χ4v) is 6.86. The number of rotatable bonds is 47. The van der Waals surface area contributed by atoms with Crippen LogP contribution >= 0.6 is 0 Å². The molecular formula is C63H98O6. The van der Waals surface area contributed by atoms with Gasteiger partial charge in [0.2, 0.25) is 0 Å². The van der Waals surface area contributed by atoms with Crippen LogP contribution in [0.15, 0.2) is 146 Å². The normalized spacial score (nSPS) is 13.3. The Morgan fingerprint density at radius 1 is 0.319 bits per heavy atom. The fourth-order valence-electron chi connectivity index (χ4n) is 6.86. The van der Waals surface area contributed by atoms with Crippen LogP contribution in [0, 0.1) is 0 Å². The fraction of sp³-hybridized carbons (Fsp3) is 0.571. The summed E-state index contributed by atoms with van der Waals surface area (Å²) in [5.41, 5.74) is 0. The van der Waals surface area contributed by atoms with Gasteiger partial charge < -0.3 is 14.2 Å². The van der Waals surface area contributed by atoms with Gasteiger partial charge >= 0.3 is 17.9 Å². The molecule has 0 bridgehead atoms. The molecule has 0 aromatic carbocycles. The number of esters is 3. The molecule has 0 rings (SSSR count). The Kier molecular flexibility index (Phi) is 52.1. The van der Waals surface area contributed by atoms with Crippen LogP contribution in [0.4, 0.5) is 0 Å². The summed E-state index contributed by atoms with van der Waals surface area (Å²) in [5.74, 6) is -1.23. The van der Waals surface area contributed by atoms with Gasteiger partial charge in [-0.3, -0.25) is 14.4 Å². The number of allylic oxidation sites excluding steroid dienone is 22. The van der Waals surface area contributed by atoms with Crippen LogP contribution in [-0.2, 0) is 28.6 Å². The summed E-state index contributed by atoms with van der Waals surface area (Å²) < 4.78 is 16.6. The molecule has 6 heteroatoms. The summed E-state index contributed by atoms with van der Waals surface area (Å²) in [6.07, 6.45) is 80.3. The van der Waals surface area contributed by atoms with Gasteiger partial charge in [-0.15, -0.1) is 0 Å². The molecule has 0 N–H and O–H groups in total. The summed E-state index contributed by atoms with van der Waals surface area (Å²) in [7, 11) is 0. The maximum Gasteiger partial charge on any atom is 0.310 e. The molecule has 0 aromatic rings. The maximum absolute atomic E-state index is 12.8. The second-order valence-electron chi connectivity index (χ2n) is 17.4. The van der Waals surface area contributed by atoms with E-state index < -0.39 is 18.0 Å². The van der Waals surface area contributed by atoms with Crippen LogP contribution < -0.4 is 0 Å². The van der Waals surface area contributed by atoms with E-state index in [1.165, 1.54) is 83.5 Å². The zero-order valence-corrected chi connectivity index (χ0v) is 44.0. The summed E-state index contributed by atoms with van der Waals surface area (Å²) >= 11 is 0. The van der Waals surface area contributed by atoms with Crippen molar-refractivity contribution in [2.75, 3.05) is 13.2 Å². The largest absolute Gasteiger partial charge is 0.462 e. The van der Waals surface area contributed by atoms with E-state index in [0.29, 0.717) is 19.3 Å². The highest BCUT2D eigenvalue weighted by molar-refractivity contribution is 5.72. The number of unbranched alkanes of at least 4 members (excludes halogenated alkanes) is 14. The average Bonchev–Trinajstić information content (AvgIpc) is 3.35. The van der Waals surface area contributed by atoms with Gasteiger partial charge in [-0.1, -0.05) is 237 Å². The third kappa shape index (κ3) is 54.1. The lowest BCUT2D eigenvalue weighted by molar-refractivity contribution is -0.166. The van der Waals surface area contributed by atoms with Gasteiger partial charge in [0.15, 0.2) is 6.10 Å². The monoisotopic (exact) mass is 951 g/mol. The van der Waals surface area contributed by atoms with E-state index in [4.69, 9.17) is 14.2 Å². The third-order valence-electron chi connectivity index (χ3n) is 10.9. The Labute approximate surface area is 423 Å². The first kappa shape index (κ1) is 64.3. The minimum atomic E-state index is -0.880. The van der Waals surface area contributed by atoms with E-state index in [9.17, 15) is 14.4 Å². The molecule has 0 saturated carbocycles. The van der Waals surface area contributed by atoms with Gasteiger partial charge in [-0.2, -0.15) is 0 Å². The van der Waals surface area contributed by atoms with Crippen LogP contribution in [0.1, 0.15) is 213 Å². The Balaban J connectivity index is 4.58. The molecule has 0 heterocycles. The van der Waals surface area contributed by atoms with E-state index in [-0.39, 0.29) is 32.0 Å². The first-order valence-electron chi connectivity index (χ1n) is 27.3. The summed E-state index contributed by atoms with van der Waals surface area (Å²) in [4.78, 5) is 38.0. The van der Waals surface area contributed by atoms with Crippen molar-refractivity contribution >= 4 is 17.9 Å². The number of hydrogen-bond donors (Lipinski definition) is 0. The first-order chi connectivity index (χ1) is 34.0. The molecule has 0 amide bonds. The highest BCUT2D eigenvalue weighted by atomic mass is 16.6. The summed E-state index contributed by atoms with van der Waals surface area (Å²) in [6.45, 7) is 6.20. The van der Waals surface area contributed by atoms with Crippen molar-refractivity contribution < 1.29 is 28.6 Å². The first-order valence-corrected chi connectivity index (χ1v) is 27.3. The second-order valence-corrected chi connectivity index (χ2v) is 17.4. The molecule has 69 heavy (non-hydrogen) atoms. The molecule has 0 aliphatic carbocycles. The van der Waals surface area contributed by atoms with Crippen molar-refractivity contribution in [3.8, 4) is 0 Å². The van der Waals surface area contributed by atoms with Crippen molar-refractivity contribution in [1.29, 1.82) is 0 Å². The molecule has 0 fully saturated rings. The zero-order chi connectivity index (χ0) is 50.0. The number of carbonyl (C=O) groups excluding carboxylic acids is 3. The van der Waals surface area contributed by atoms with E-state index in [2.05, 4.69) is 142 Å². The third-order valence-corrected chi connectivity index (χ3v) is 10.9. The van der Waals surface area contributed by atoms with Crippen LogP contribution in [0.3, 0.4) is 0 Å². The smallest absolute Gasteiger partial charge is 0.310 e. The van der Waals surface area contributed by atoms with Gasteiger partial charge in [0.1, 0.15) is 13.2 Å². The molecule has 0 aliphatic rings. The lowest BCUT2D eigenvalue weighted by atomic mass is 10.1. The van der Waals surface area contributed by atoms with Gasteiger partial charge in [0, 0.05) is 6.42 Å².